The van der Waals surface area contributed by atoms with Gasteiger partial charge >= 0.3 is 0 Å². The van der Waals surface area contributed by atoms with Gasteiger partial charge in [-0.2, -0.15) is 0 Å². The highest BCUT2D eigenvalue weighted by Gasteiger charge is 2.54. The first-order chi connectivity index (χ1) is 11.7. The molecule has 0 amide bonds. The highest BCUT2D eigenvalue weighted by molar-refractivity contribution is 5.89. The fourth-order valence-corrected chi connectivity index (χ4v) is 5.06. The normalized spacial score (nSPS) is 30.8. The molecule has 0 N–H and O–H groups in total. The molecule has 1 saturated carbocycles. The van der Waals surface area contributed by atoms with E-state index in [9.17, 15) is 4.79 Å². The Morgan fingerprint density at radius 1 is 0.958 bits per heavy atom. The van der Waals surface area contributed by atoms with Crippen LogP contribution < -0.4 is 0 Å². The van der Waals surface area contributed by atoms with Crippen LogP contribution in [0.25, 0.3) is 0 Å². The molecule has 2 aromatic carbocycles. The molecule has 1 aliphatic heterocycles. The van der Waals surface area contributed by atoms with Gasteiger partial charge in [-0.1, -0.05) is 60.7 Å². The van der Waals surface area contributed by atoms with Gasteiger partial charge in [-0.3, -0.25) is 9.69 Å². The second kappa shape index (κ2) is 6.18. The van der Waals surface area contributed by atoms with Crippen LogP contribution in [0.5, 0.6) is 0 Å². The van der Waals surface area contributed by atoms with Gasteiger partial charge in [-0.15, -0.1) is 0 Å². The minimum absolute atomic E-state index is 0.213. The molecular formula is C22H25NO. The lowest BCUT2D eigenvalue weighted by molar-refractivity contribution is -0.132. The fraction of sp³-hybridized carbons (Fsp3) is 0.409. The van der Waals surface area contributed by atoms with Crippen LogP contribution in [0.4, 0.5) is 0 Å². The van der Waals surface area contributed by atoms with E-state index in [1.165, 1.54) is 11.1 Å². The third-order valence-electron chi connectivity index (χ3n) is 6.08. The fourth-order valence-electron chi connectivity index (χ4n) is 5.06. The maximum atomic E-state index is 13.2. The Morgan fingerprint density at radius 2 is 1.58 bits per heavy atom. The molecule has 1 aliphatic carbocycles. The molecule has 0 aromatic heterocycles. The smallest absolute Gasteiger partial charge is 0.141 e. The number of benzene rings is 2. The van der Waals surface area contributed by atoms with Crippen molar-refractivity contribution in [3.05, 3.63) is 71.8 Å². The largest absolute Gasteiger partial charge is 0.299 e. The van der Waals surface area contributed by atoms with Crippen molar-refractivity contribution >= 4 is 5.78 Å². The maximum absolute atomic E-state index is 13.2. The molecule has 4 rings (SSSR count). The molecule has 24 heavy (non-hydrogen) atoms. The van der Waals surface area contributed by atoms with Gasteiger partial charge in [0.1, 0.15) is 5.78 Å². The molecule has 3 atom stereocenters. The molecule has 1 spiro atoms. The summed E-state index contributed by atoms with van der Waals surface area (Å²) in [5.41, 5.74) is 2.40. The van der Waals surface area contributed by atoms with E-state index in [1.807, 2.05) is 0 Å². The summed E-state index contributed by atoms with van der Waals surface area (Å²) in [7, 11) is 2.18. The van der Waals surface area contributed by atoms with Crippen molar-refractivity contribution in [2.45, 2.75) is 37.6 Å². The summed E-state index contributed by atoms with van der Waals surface area (Å²) in [4.78, 5) is 15.6. The summed E-state index contributed by atoms with van der Waals surface area (Å²) in [6, 6.07) is 21.4. The van der Waals surface area contributed by atoms with Crippen molar-refractivity contribution < 1.29 is 4.79 Å². The summed E-state index contributed by atoms with van der Waals surface area (Å²) in [6.07, 6.45) is 3.83. The Balaban J connectivity index is 1.72. The Morgan fingerprint density at radius 3 is 2.25 bits per heavy atom. The number of nitrogens with zero attached hydrogens (tertiary/aromatic N) is 1. The van der Waals surface area contributed by atoms with Crippen LogP contribution in [0.2, 0.25) is 0 Å². The highest BCUT2D eigenvalue weighted by atomic mass is 16.1. The summed E-state index contributed by atoms with van der Waals surface area (Å²) in [5.74, 6) is 0.841. The number of carbonyl (C=O) groups is 1. The van der Waals surface area contributed by atoms with Crippen LogP contribution in [0.3, 0.4) is 0 Å². The molecule has 3 unspecified atom stereocenters. The molecule has 2 heteroatoms. The quantitative estimate of drug-likeness (QED) is 0.807. The van der Waals surface area contributed by atoms with Gasteiger partial charge in [0.15, 0.2) is 0 Å². The van der Waals surface area contributed by atoms with Gasteiger partial charge in [0.25, 0.3) is 0 Å². The third-order valence-corrected chi connectivity index (χ3v) is 6.08. The van der Waals surface area contributed by atoms with Crippen molar-refractivity contribution in [1.29, 1.82) is 0 Å². The first kappa shape index (κ1) is 15.6. The predicted molar refractivity (Wildman–Crippen MR) is 96.9 cm³/mol. The van der Waals surface area contributed by atoms with E-state index in [1.54, 1.807) is 0 Å². The van der Waals surface area contributed by atoms with E-state index in [-0.39, 0.29) is 11.5 Å². The van der Waals surface area contributed by atoms with E-state index in [0.29, 0.717) is 18.1 Å². The van der Waals surface area contributed by atoms with Gasteiger partial charge in [0, 0.05) is 17.9 Å². The van der Waals surface area contributed by atoms with Gasteiger partial charge in [-0.25, -0.2) is 0 Å². The number of hydrogen-bond donors (Lipinski definition) is 0. The second-order valence-electron chi connectivity index (χ2n) is 7.49. The Hall–Kier alpha value is -1.93. The molecule has 2 aliphatic rings. The van der Waals surface area contributed by atoms with Crippen LogP contribution in [-0.4, -0.2) is 24.3 Å². The number of piperidine rings is 1. The number of ketones is 1. The highest BCUT2D eigenvalue weighted by Crippen LogP contribution is 2.56. The topological polar surface area (TPSA) is 20.3 Å². The summed E-state index contributed by atoms with van der Waals surface area (Å²) >= 11 is 0. The monoisotopic (exact) mass is 319 g/mol. The standard InChI is InChI=1S/C22H25NO/c1-23-14-8-13-22(21(23)18-11-6-3-7-12-18)16-19(15-20(22)24)17-9-4-2-5-10-17/h2-7,9-12,19,21H,8,13-16H2,1H3. The zero-order valence-corrected chi connectivity index (χ0v) is 14.3. The molecule has 0 bridgehead atoms. The van der Waals surface area contributed by atoms with Crippen LogP contribution in [0, 0.1) is 5.41 Å². The Bertz CT molecular complexity index is 711. The minimum Gasteiger partial charge on any atom is -0.299 e. The van der Waals surface area contributed by atoms with Gasteiger partial charge in [0.2, 0.25) is 0 Å². The van der Waals surface area contributed by atoms with Crippen molar-refractivity contribution in [2.24, 2.45) is 5.41 Å². The minimum atomic E-state index is -0.213. The maximum Gasteiger partial charge on any atom is 0.141 e. The molecule has 2 aromatic rings. The first-order valence-corrected chi connectivity index (χ1v) is 9.04. The lowest BCUT2D eigenvalue weighted by Crippen LogP contribution is -2.46. The predicted octanol–water partition coefficient (Wildman–Crippen LogP) is 4.59. The van der Waals surface area contributed by atoms with E-state index < -0.39 is 0 Å². The molecule has 124 valence electrons. The average molecular weight is 319 g/mol. The third kappa shape index (κ3) is 2.50. The number of likely N-dealkylation sites (tertiary alicyclic amines) is 1. The van der Waals surface area contributed by atoms with Crippen molar-refractivity contribution in [3.63, 3.8) is 0 Å². The second-order valence-corrected chi connectivity index (χ2v) is 7.49. The van der Waals surface area contributed by atoms with Gasteiger partial charge in [-0.05, 0) is 49.9 Å². The number of Topliss-reactive ketones (excluding diaryl/α,β-unsaturated/α-hetero) is 1. The van der Waals surface area contributed by atoms with Crippen molar-refractivity contribution in [3.8, 4) is 0 Å². The van der Waals surface area contributed by atoms with E-state index in [2.05, 4.69) is 72.6 Å². The number of hydrogen-bond acceptors (Lipinski definition) is 2. The van der Waals surface area contributed by atoms with Crippen LogP contribution in [0.15, 0.2) is 60.7 Å². The average Bonchev–Trinajstić information content (AvgIpc) is 2.93. The number of rotatable bonds is 2. The molecule has 1 heterocycles. The Kier molecular flexibility index (Phi) is 4.01. The molecule has 0 radical (unpaired) electrons. The zero-order valence-electron chi connectivity index (χ0n) is 14.3. The van der Waals surface area contributed by atoms with Crippen LogP contribution in [0.1, 0.15) is 48.8 Å². The van der Waals surface area contributed by atoms with E-state index in [4.69, 9.17) is 0 Å². The summed E-state index contributed by atoms with van der Waals surface area (Å²) < 4.78 is 0. The zero-order chi connectivity index (χ0) is 16.6. The van der Waals surface area contributed by atoms with Crippen LogP contribution >= 0.6 is 0 Å². The van der Waals surface area contributed by atoms with Crippen LogP contribution in [-0.2, 0) is 4.79 Å². The van der Waals surface area contributed by atoms with E-state index in [0.717, 1.165) is 25.8 Å². The summed E-state index contributed by atoms with van der Waals surface area (Å²) in [6.45, 7) is 1.07. The lowest BCUT2D eigenvalue weighted by atomic mass is 9.68. The number of carbonyl (C=O) groups excluding carboxylic acids is 1. The van der Waals surface area contributed by atoms with Crippen molar-refractivity contribution in [1.82, 2.24) is 4.90 Å². The molecule has 2 fully saturated rings. The van der Waals surface area contributed by atoms with Crippen molar-refractivity contribution in [2.75, 3.05) is 13.6 Å². The van der Waals surface area contributed by atoms with Gasteiger partial charge < -0.3 is 0 Å². The molecule has 2 nitrogen and oxygen atoms in total. The molecular weight excluding hydrogens is 294 g/mol. The first-order valence-electron chi connectivity index (χ1n) is 9.04. The summed E-state index contributed by atoms with van der Waals surface area (Å²) in [5, 5.41) is 0. The lowest BCUT2D eigenvalue weighted by Gasteiger charge is -2.46. The van der Waals surface area contributed by atoms with Gasteiger partial charge in [0.05, 0.1) is 0 Å². The SMILES string of the molecule is CN1CCCC2(CC(c3ccccc3)CC2=O)C1c1ccccc1. The van der Waals surface area contributed by atoms with E-state index >= 15 is 0 Å². The Labute approximate surface area is 144 Å². The molecule has 1 saturated heterocycles.